The predicted molar refractivity (Wildman–Crippen MR) is 122 cm³/mol. The smallest absolute Gasteiger partial charge is 0.240 e. The fraction of sp³-hybridized carbons (Fsp3) is 0.261. The summed E-state index contributed by atoms with van der Waals surface area (Å²) in [5, 5.41) is 3.49. The molecule has 1 N–H and O–H groups in total. The second kappa shape index (κ2) is 6.71. The van der Waals surface area contributed by atoms with Gasteiger partial charge in [-0.05, 0) is 31.5 Å². The Hall–Kier alpha value is -3.59. The van der Waals surface area contributed by atoms with Gasteiger partial charge in [-0.3, -0.25) is 4.79 Å². The lowest BCUT2D eigenvalue weighted by Crippen LogP contribution is -2.58. The monoisotopic (exact) mass is 463 g/mol. The van der Waals surface area contributed by atoms with Gasteiger partial charge in [0.05, 0.1) is 24.8 Å². The van der Waals surface area contributed by atoms with Crippen LogP contribution in [0.2, 0.25) is 5.02 Å². The number of carbonyl (C=O) groups is 1. The second-order valence-electron chi connectivity index (χ2n) is 8.92. The second-order valence-corrected chi connectivity index (χ2v) is 9.35. The number of imidazole rings is 1. The van der Waals surface area contributed by atoms with Gasteiger partial charge in [0, 0.05) is 23.6 Å². The molecule has 1 amide bonds. The number of alkyl halides is 1. The first-order valence-corrected chi connectivity index (χ1v) is 10.9. The minimum atomic E-state index is -1.32. The highest BCUT2D eigenvalue weighted by atomic mass is 35.5. The summed E-state index contributed by atoms with van der Waals surface area (Å²) < 4.78 is 16.3. The molecule has 1 fully saturated rings. The SMILES string of the molecule is CC1(F)CN(c2nc(-c3cn4ccnc4cn3)nc3c2C(C)(c2ccc(Cl)cc2)C(=O)N3)C1. The fourth-order valence-electron chi connectivity index (χ4n) is 4.59. The summed E-state index contributed by atoms with van der Waals surface area (Å²) in [6, 6.07) is 7.13. The molecule has 0 spiro atoms. The van der Waals surface area contributed by atoms with Gasteiger partial charge in [0.1, 0.15) is 28.4 Å². The van der Waals surface area contributed by atoms with Crippen LogP contribution in [0.3, 0.4) is 0 Å². The minimum absolute atomic E-state index is 0.175. The van der Waals surface area contributed by atoms with Gasteiger partial charge in [-0.15, -0.1) is 0 Å². The Morgan fingerprint density at radius 3 is 2.61 bits per heavy atom. The summed E-state index contributed by atoms with van der Waals surface area (Å²) >= 11 is 6.08. The maximum Gasteiger partial charge on any atom is 0.240 e. The highest BCUT2D eigenvalue weighted by molar-refractivity contribution is 6.30. The molecule has 1 unspecified atom stereocenters. The molecule has 6 rings (SSSR count). The zero-order chi connectivity index (χ0) is 23.0. The summed E-state index contributed by atoms with van der Waals surface area (Å²) in [5.41, 5.74) is 0.207. The number of benzene rings is 1. The molecule has 2 aliphatic heterocycles. The van der Waals surface area contributed by atoms with E-state index in [-0.39, 0.29) is 19.0 Å². The first-order chi connectivity index (χ1) is 15.7. The average Bonchev–Trinajstić information content (AvgIpc) is 3.34. The van der Waals surface area contributed by atoms with Crippen molar-refractivity contribution in [3.8, 4) is 11.5 Å². The molecule has 0 aliphatic carbocycles. The van der Waals surface area contributed by atoms with Gasteiger partial charge in [-0.1, -0.05) is 23.7 Å². The summed E-state index contributed by atoms with van der Waals surface area (Å²) in [4.78, 5) is 33.2. The molecule has 4 aromatic rings. The molecular weight excluding hydrogens is 445 g/mol. The third kappa shape index (κ3) is 2.99. The molecule has 8 nitrogen and oxygen atoms in total. The maximum absolute atomic E-state index is 14.5. The van der Waals surface area contributed by atoms with Crippen LogP contribution in [0, 0.1) is 0 Å². The van der Waals surface area contributed by atoms with Crippen LogP contribution in [0.1, 0.15) is 25.0 Å². The lowest BCUT2D eigenvalue weighted by atomic mass is 9.77. The van der Waals surface area contributed by atoms with Crippen molar-refractivity contribution in [1.29, 1.82) is 0 Å². The Morgan fingerprint density at radius 1 is 1.12 bits per heavy atom. The molecular formula is C23H19ClFN7O. The van der Waals surface area contributed by atoms with Crippen molar-refractivity contribution in [1.82, 2.24) is 24.3 Å². The third-order valence-corrected chi connectivity index (χ3v) is 6.60. The van der Waals surface area contributed by atoms with Crippen molar-refractivity contribution in [2.24, 2.45) is 0 Å². The molecule has 166 valence electrons. The van der Waals surface area contributed by atoms with E-state index >= 15 is 0 Å². The largest absolute Gasteiger partial charge is 0.350 e. The molecule has 33 heavy (non-hydrogen) atoms. The first kappa shape index (κ1) is 20.0. The van der Waals surface area contributed by atoms with Gasteiger partial charge in [0.25, 0.3) is 0 Å². The Morgan fingerprint density at radius 2 is 1.88 bits per heavy atom. The fourth-order valence-corrected chi connectivity index (χ4v) is 4.71. The van der Waals surface area contributed by atoms with Crippen LogP contribution in [0.4, 0.5) is 16.0 Å². The molecule has 0 bridgehead atoms. The van der Waals surface area contributed by atoms with Gasteiger partial charge in [0.2, 0.25) is 5.91 Å². The van der Waals surface area contributed by atoms with E-state index in [1.54, 1.807) is 43.8 Å². The van der Waals surface area contributed by atoms with Gasteiger partial charge in [-0.2, -0.15) is 0 Å². The van der Waals surface area contributed by atoms with Crippen molar-refractivity contribution < 1.29 is 9.18 Å². The lowest BCUT2D eigenvalue weighted by Gasteiger charge is -2.44. The predicted octanol–water partition coefficient (Wildman–Crippen LogP) is 3.65. The Labute approximate surface area is 193 Å². The number of amides is 1. The molecule has 0 saturated carbocycles. The van der Waals surface area contributed by atoms with E-state index in [0.29, 0.717) is 39.4 Å². The number of anilines is 2. The normalized spacial score (nSPS) is 21.1. The number of nitrogens with zero attached hydrogens (tertiary/aromatic N) is 6. The van der Waals surface area contributed by atoms with E-state index in [0.717, 1.165) is 5.56 Å². The number of fused-ring (bicyclic) bond motifs is 2. The standard InChI is InChI=1S/C23H19ClFN7O/c1-22(25)11-32(12-22)20-17-19(30-21(33)23(17,2)13-3-5-14(24)6-4-13)28-18(29-20)15-10-31-8-7-26-16(31)9-27-15/h3-10H,11-12H2,1-2H3,(H,28,29,30,33). The number of aromatic nitrogens is 5. The van der Waals surface area contributed by atoms with Gasteiger partial charge < -0.3 is 14.6 Å². The molecule has 1 aromatic carbocycles. The van der Waals surface area contributed by atoms with Crippen molar-refractivity contribution in [3.63, 3.8) is 0 Å². The summed E-state index contributed by atoms with van der Waals surface area (Å²) in [6.45, 7) is 3.74. The van der Waals surface area contributed by atoms with E-state index in [4.69, 9.17) is 16.6 Å². The number of halogens is 2. The van der Waals surface area contributed by atoms with Gasteiger partial charge in [0.15, 0.2) is 11.5 Å². The molecule has 0 radical (unpaired) electrons. The number of hydrogen-bond donors (Lipinski definition) is 1. The molecule has 10 heteroatoms. The van der Waals surface area contributed by atoms with E-state index in [1.807, 2.05) is 28.4 Å². The topological polar surface area (TPSA) is 88.3 Å². The highest BCUT2D eigenvalue weighted by Crippen LogP contribution is 2.48. The molecule has 1 saturated heterocycles. The van der Waals surface area contributed by atoms with E-state index in [9.17, 15) is 9.18 Å². The van der Waals surface area contributed by atoms with E-state index in [1.165, 1.54) is 0 Å². The maximum atomic E-state index is 14.5. The minimum Gasteiger partial charge on any atom is -0.350 e. The van der Waals surface area contributed by atoms with Crippen molar-refractivity contribution >= 4 is 34.8 Å². The van der Waals surface area contributed by atoms with Crippen LogP contribution < -0.4 is 10.2 Å². The Bertz CT molecular complexity index is 1430. The van der Waals surface area contributed by atoms with Gasteiger partial charge in [-0.25, -0.2) is 24.3 Å². The number of rotatable bonds is 3. The lowest BCUT2D eigenvalue weighted by molar-refractivity contribution is -0.119. The molecule has 1 atom stereocenters. The third-order valence-electron chi connectivity index (χ3n) is 6.35. The highest BCUT2D eigenvalue weighted by Gasteiger charge is 2.51. The van der Waals surface area contributed by atoms with Crippen molar-refractivity contribution in [3.05, 3.63) is 65.2 Å². The Kier molecular flexibility index (Phi) is 4.08. The van der Waals surface area contributed by atoms with Crippen LogP contribution in [-0.4, -0.2) is 49.0 Å². The summed E-state index contributed by atoms with van der Waals surface area (Å²) in [6.07, 6.45) is 6.89. The molecule has 2 aliphatic rings. The number of carbonyl (C=O) groups excluding carboxylic acids is 1. The van der Waals surface area contributed by atoms with Crippen molar-refractivity contribution in [2.45, 2.75) is 24.9 Å². The van der Waals surface area contributed by atoms with Crippen molar-refractivity contribution in [2.75, 3.05) is 23.3 Å². The van der Waals surface area contributed by atoms with E-state index in [2.05, 4.69) is 20.3 Å². The van der Waals surface area contributed by atoms with Crippen LogP contribution in [0.25, 0.3) is 17.2 Å². The Balaban J connectivity index is 1.55. The average molecular weight is 464 g/mol. The first-order valence-electron chi connectivity index (χ1n) is 10.5. The summed E-state index contributed by atoms with van der Waals surface area (Å²) in [7, 11) is 0. The molecule has 3 aromatic heterocycles. The van der Waals surface area contributed by atoms with Gasteiger partial charge >= 0.3 is 0 Å². The van der Waals surface area contributed by atoms with Crippen LogP contribution in [0.5, 0.6) is 0 Å². The van der Waals surface area contributed by atoms with Crippen LogP contribution in [0.15, 0.2) is 49.1 Å². The van der Waals surface area contributed by atoms with E-state index < -0.39 is 11.1 Å². The number of hydrogen-bond acceptors (Lipinski definition) is 6. The number of nitrogens with one attached hydrogen (secondary N) is 1. The zero-order valence-electron chi connectivity index (χ0n) is 17.9. The zero-order valence-corrected chi connectivity index (χ0v) is 18.6. The molecule has 5 heterocycles. The summed E-state index contributed by atoms with van der Waals surface area (Å²) in [5.74, 6) is 1.03. The quantitative estimate of drug-likeness (QED) is 0.499. The van der Waals surface area contributed by atoms with Crippen LogP contribution in [-0.2, 0) is 10.2 Å². The van der Waals surface area contributed by atoms with Crippen LogP contribution >= 0.6 is 11.6 Å².